The molecule has 1 fully saturated rings. The summed E-state index contributed by atoms with van der Waals surface area (Å²) in [5.41, 5.74) is 0.184. The summed E-state index contributed by atoms with van der Waals surface area (Å²) in [6.45, 7) is 1.98. The lowest BCUT2D eigenvalue weighted by Crippen LogP contribution is -2.25. The third-order valence-electron chi connectivity index (χ3n) is 3.61. The molecular weight excluding hydrogens is 348 g/mol. The van der Waals surface area contributed by atoms with Gasteiger partial charge in [-0.3, -0.25) is 0 Å². The number of likely N-dealkylation sites (N-methyl/N-ethyl adjacent to an activating group) is 1. The van der Waals surface area contributed by atoms with Crippen LogP contribution in [0.2, 0.25) is 0 Å². The van der Waals surface area contributed by atoms with Gasteiger partial charge in [0.1, 0.15) is 11.0 Å². The Balaban J connectivity index is 2.08. The molecule has 1 N–H and O–H groups in total. The third kappa shape index (κ3) is 5.60. The molecule has 0 bridgehead atoms. The van der Waals surface area contributed by atoms with E-state index in [0.29, 0.717) is 43.2 Å². The van der Waals surface area contributed by atoms with E-state index in [9.17, 15) is 14.1 Å². The molecule has 1 aliphatic heterocycles. The van der Waals surface area contributed by atoms with Gasteiger partial charge in [0.25, 0.3) is 0 Å². The van der Waals surface area contributed by atoms with E-state index in [1.807, 2.05) is 0 Å². The first-order chi connectivity index (χ1) is 12.0. The standard InChI is InChI=1S/C16H22N2O6S/c1-18(8-10-22-2)25(21)14-5-3-12(4-6-14)15(16(19)20)17-24-13-7-9-23-11-13/h3-6,13H,7-11H2,1-2H3,(H,19,20)/b17-15+/t13-,25?/m1/s1. The van der Waals surface area contributed by atoms with Crippen LogP contribution in [0, 0.1) is 0 Å². The minimum atomic E-state index is -1.35. The zero-order chi connectivity index (χ0) is 18.2. The van der Waals surface area contributed by atoms with Crippen molar-refractivity contribution in [3.8, 4) is 0 Å². The van der Waals surface area contributed by atoms with Gasteiger partial charge in [-0.1, -0.05) is 17.3 Å². The quantitative estimate of drug-likeness (QED) is 0.512. The fraction of sp³-hybridized carbons (Fsp3) is 0.500. The molecule has 0 aliphatic carbocycles. The second-order valence-corrected chi connectivity index (χ2v) is 7.05. The van der Waals surface area contributed by atoms with E-state index in [1.54, 1.807) is 42.7 Å². The van der Waals surface area contributed by atoms with Crippen LogP contribution in [-0.4, -0.2) is 71.9 Å². The highest BCUT2D eigenvalue weighted by Gasteiger charge is 2.20. The number of carboxylic acid groups (broad SMARTS) is 1. The number of ether oxygens (including phenoxy) is 2. The number of aliphatic carboxylic acids is 1. The smallest absolute Gasteiger partial charge is 0.358 e. The van der Waals surface area contributed by atoms with Crippen molar-refractivity contribution in [2.24, 2.45) is 5.16 Å². The molecule has 0 amide bonds. The van der Waals surface area contributed by atoms with E-state index in [0.717, 1.165) is 0 Å². The molecule has 0 radical (unpaired) electrons. The third-order valence-corrected chi connectivity index (χ3v) is 5.03. The average molecular weight is 370 g/mol. The Morgan fingerprint density at radius 2 is 2.16 bits per heavy atom. The molecule has 1 aliphatic rings. The molecule has 1 unspecified atom stereocenters. The Kier molecular flexibility index (Phi) is 7.51. The number of rotatable bonds is 9. The number of benzene rings is 1. The van der Waals surface area contributed by atoms with Crippen molar-refractivity contribution >= 4 is 22.7 Å². The van der Waals surface area contributed by atoms with E-state index < -0.39 is 17.0 Å². The minimum Gasteiger partial charge on any atom is -0.476 e. The molecule has 2 rings (SSSR count). The van der Waals surface area contributed by atoms with Gasteiger partial charge in [0.05, 0.1) is 24.7 Å². The van der Waals surface area contributed by atoms with Gasteiger partial charge in [0.15, 0.2) is 11.8 Å². The zero-order valence-electron chi connectivity index (χ0n) is 14.2. The average Bonchev–Trinajstić information content (AvgIpc) is 3.13. The monoisotopic (exact) mass is 370 g/mol. The van der Waals surface area contributed by atoms with Crippen molar-refractivity contribution in [3.63, 3.8) is 0 Å². The molecule has 8 nitrogen and oxygen atoms in total. The zero-order valence-corrected chi connectivity index (χ0v) is 15.0. The topological polar surface area (TPSA) is 97.7 Å². The number of methoxy groups -OCH3 is 1. The number of nitrogens with zero attached hydrogens (tertiary/aromatic N) is 2. The maximum Gasteiger partial charge on any atom is 0.358 e. The lowest BCUT2D eigenvalue weighted by atomic mass is 10.1. The summed E-state index contributed by atoms with van der Waals surface area (Å²) in [5.74, 6) is -1.19. The van der Waals surface area contributed by atoms with Crippen molar-refractivity contribution < 1.29 is 28.4 Å². The number of oxime groups is 1. The highest BCUT2D eigenvalue weighted by atomic mass is 32.2. The van der Waals surface area contributed by atoms with Crippen molar-refractivity contribution in [3.05, 3.63) is 29.8 Å². The van der Waals surface area contributed by atoms with Crippen LogP contribution in [0.25, 0.3) is 0 Å². The van der Waals surface area contributed by atoms with Crippen LogP contribution in [0.3, 0.4) is 0 Å². The lowest BCUT2D eigenvalue weighted by molar-refractivity contribution is -0.129. The number of carbonyl (C=O) groups is 1. The molecular formula is C16H22N2O6S. The van der Waals surface area contributed by atoms with Crippen LogP contribution in [0.5, 0.6) is 0 Å². The molecule has 2 atom stereocenters. The largest absolute Gasteiger partial charge is 0.476 e. The summed E-state index contributed by atoms with van der Waals surface area (Å²) in [6, 6.07) is 6.37. The Morgan fingerprint density at radius 1 is 1.44 bits per heavy atom. The highest BCUT2D eigenvalue weighted by Crippen LogP contribution is 2.14. The first kappa shape index (κ1) is 19.5. The Labute approximate surface area is 148 Å². The Hall–Kier alpha value is -1.81. The van der Waals surface area contributed by atoms with Crippen LogP contribution >= 0.6 is 0 Å². The van der Waals surface area contributed by atoms with Crippen LogP contribution in [-0.2, 0) is 30.1 Å². The predicted octanol–water partition coefficient (Wildman–Crippen LogP) is 0.882. The van der Waals surface area contributed by atoms with E-state index in [1.165, 1.54) is 0 Å². The van der Waals surface area contributed by atoms with E-state index >= 15 is 0 Å². The van der Waals surface area contributed by atoms with Crippen LogP contribution < -0.4 is 0 Å². The molecule has 1 heterocycles. The van der Waals surface area contributed by atoms with E-state index in [-0.39, 0.29) is 11.8 Å². The molecule has 1 saturated heterocycles. The first-order valence-corrected chi connectivity index (χ1v) is 8.91. The van der Waals surface area contributed by atoms with Gasteiger partial charge < -0.3 is 19.4 Å². The fourth-order valence-corrected chi connectivity index (χ4v) is 3.12. The van der Waals surface area contributed by atoms with Crippen LogP contribution in [0.1, 0.15) is 12.0 Å². The predicted molar refractivity (Wildman–Crippen MR) is 91.8 cm³/mol. The van der Waals surface area contributed by atoms with Gasteiger partial charge in [0, 0.05) is 32.7 Å². The normalized spacial score (nSPS) is 19.2. The minimum absolute atomic E-state index is 0.197. The number of hydrogen-bond acceptors (Lipinski definition) is 6. The molecule has 25 heavy (non-hydrogen) atoms. The van der Waals surface area contributed by atoms with Crippen molar-refractivity contribution in [2.75, 3.05) is 40.5 Å². The van der Waals surface area contributed by atoms with Gasteiger partial charge in [0.2, 0.25) is 0 Å². The van der Waals surface area contributed by atoms with Gasteiger partial charge in [-0.15, -0.1) is 0 Å². The van der Waals surface area contributed by atoms with Crippen molar-refractivity contribution in [1.29, 1.82) is 0 Å². The first-order valence-electron chi connectivity index (χ1n) is 7.80. The highest BCUT2D eigenvalue weighted by molar-refractivity contribution is 7.82. The number of hydrogen-bond donors (Lipinski definition) is 1. The van der Waals surface area contributed by atoms with Gasteiger partial charge in [-0.25, -0.2) is 13.3 Å². The van der Waals surface area contributed by atoms with Crippen molar-refractivity contribution in [1.82, 2.24) is 4.31 Å². The summed E-state index contributed by atoms with van der Waals surface area (Å²) in [7, 11) is 1.96. The molecule has 1 aromatic rings. The Bertz CT molecular complexity index is 628. The molecule has 1 aromatic carbocycles. The summed E-state index contributed by atoms with van der Waals surface area (Å²) in [4.78, 5) is 17.2. The van der Waals surface area contributed by atoms with Crippen LogP contribution in [0.4, 0.5) is 0 Å². The molecule has 0 aromatic heterocycles. The van der Waals surface area contributed by atoms with E-state index in [2.05, 4.69) is 5.16 Å². The fourth-order valence-electron chi connectivity index (χ4n) is 2.15. The molecule has 138 valence electrons. The van der Waals surface area contributed by atoms with E-state index in [4.69, 9.17) is 14.3 Å². The SMILES string of the molecule is COCCN(C)S(=O)c1ccc(/C(=N\O[C@@H]2CCOC2)C(=O)O)cc1. The van der Waals surface area contributed by atoms with Crippen LogP contribution in [0.15, 0.2) is 34.3 Å². The summed E-state index contributed by atoms with van der Waals surface area (Å²) >= 11 is 0. The second-order valence-electron chi connectivity index (χ2n) is 5.45. The second kappa shape index (κ2) is 9.62. The summed E-state index contributed by atoms with van der Waals surface area (Å²) in [5, 5.41) is 13.1. The molecule has 0 spiro atoms. The van der Waals surface area contributed by atoms with Gasteiger partial charge in [-0.05, 0) is 12.1 Å². The summed E-state index contributed by atoms with van der Waals surface area (Å²) < 4.78 is 24.1. The van der Waals surface area contributed by atoms with Gasteiger partial charge >= 0.3 is 5.97 Å². The maximum absolute atomic E-state index is 12.4. The molecule has 9 heteroatoms. The van der Waals surface area contributed by atoms with Gasteiger partial charge in [-0.2, -0.15) is 0 Å². The molecule has 0 saturated carbocycles. The lowest BCUT2D eigenvalue weighted by Gasteiger charge is -2.15. The Morgan fingerprint density at radius 3 is 2.72 bits per heavy atom. The maximum atomic E-state index is 12.4. The van der Waals surface area contributed by atoms with Crippen molar-refractivity contribution in [2.45, 2.75) is 17.4 Å². The number of carboxylic acids is 1. The summed E-state index contributed by atoms with van der Waals surface area (Å²) in [6.07, 6.45) is 0.456.